The molecule has 0 bridgehead atoms. The Labute approximate surface area is 119 Å². The normalized spacial score (nSPS) is 16.1. The number of nitrogens with two attached hydrogens (primary N) is 1. The van der Waals surface area contributed by atoms with Crippen molar-refractivity contribution in [2.75, 3.05) is 6.54 Å². The third kappa shape index (κ3) is 2.89. The fraction of sp³-hybridized carbons (Fsp3) is 0.294. The summed E-state index contributed by atoms with van der Waals surface area (Å²) in [6.45, 7) is 2.98. The van der Waals surface area contributed by atoms with Crippen LogP contribution in [0.3, 0.4) is 0 Å². The van der Waals surface area contributed by atoms with E-state index in [2.05, 4.69) is 29.2 Å². The summed E-state index contributed by atoms with van der Waals surface area (Å²) < 4.78 is 12.9. The van der Waals surface area contributed by atoms with Gasteiger partial charge in [0.2, 0.25) is 0 Å². The van der Waals surface area contributed by atoms with Gasteiger partial charge in [0, 0.05) is 25.7 Å². The van der Waals surface area contributed by atoms with Crippen LogP contribution in [0.1, 0.15) is 29.2 Å². The summed E-state index contributed by atoms with van der Waals surface area (Å²) in [7, 11) is 0. The predicted molar refractivity (Wildman–Crippen MR) is 78.5 cm³/mol. The first kappa shape index (κ1) is 13.3. The monoisotopic (exact) mass is 270 g/mol. The molecule has 1 aliphatic rings. The van der Waals surface area contributed by atoms with Gasteiger partial charge in [0.05, 0.1) is 0 Å². The van der Waals surface area contributed by atoms with Crippen molar-refractivity contribution >= 4 is 0 Å². The van der Waals surface area contributed by atoms with Crippen LogP contribution in [0.4, 0.5) is 4.39 Å². The molecule has 1 aliphatic heterocycles. The highest BCUT2D eigenvalue weighted by Crippen LogP contribution is 2.23. The van der Waals surface area contributed by atoms with Crippen molar-refractivity contribution in [1.82, 2.24) is 4.90 Å². The van der Waals surface area contributed by atoms with E-state index in [0.29, 0.717) is 0 Å². The van der Waals surface area contributed by atoms with Gasteiger partial charge in [-0.15, -0.1) is 0 Å². The van der Waals surface area contributed by atoms with Gasteiger partial charge in [0.25, 0.3) is 0 Å². The Morgan fingerprint density at radius 1 is 1.00 bits per heavy atom. The van der Waals surface area contributed by atoms with Gasteiger partial charge in [-0.1, -0.05) is 36.4 Å². The first-order chi connectivity index (χ1) is 9.72. The van der Waals surface area contributed by atoms with Crippen LogP contribution in [0, 0.1) is 5.82 Å². The second-order valence-corrected chi connectivity index (χ2v) is 5.43. The summed E-state index contributed by atoms with van der Waals surface area (Å²) in [6.07, 6.45) is 0.889. The molecule has 0 fully saturated rings. The maximum Gasteiger partial charge on any atom is 0.123 e. The van der Waals surface area contributed by atoms with E-state index in [-0.39, 0.29) is 11.9 Å². The smallest absolute Gasteiger partial charge is 0.123 e. The lowest BCUT2D eigenvalue weighted by atomic mass is 10.0. The molecule has 104 valence electrons. The van der Waals surface area contributed by atoms with Gasteiger partial charge in [-0.3, -0.25) is 4.90 Å². The van der Waals surface area contributed by atoms with Crippen molar-refractivity contribution in [2.45, 2.75) is 25.6 Å². The van der Waals surface area contributed by atoms with Crippen LogP contribution >= 0.6 is 0 Å². The molecule has 2 aromatic carbocycles. The van der Waals surface area contributed by atoms with Crippen LogP contribution in [0.5, 0.6) is 0 Å². The molecular formula is C17H19FN2. The molecule has 3 rings (SSSR count). The first-order valence-corrected chi connectivity index (χ1v) is 7.02. The van der Waals surface area contributed by atoms with Gasteiger partial charge in [-0.25, -0.2) is 4.39 Å². The quantitative estimate of drug-likeness (QED) is 0.924. The number of halogens is 1. The zero-order valence-corrected chi connectivity index (χ0v) is 11.4. The van der Waals surface area contributed by atoms with Crippen LogP contribution in [-0.2, 0) is 13.1 Å². The Morgan fingerprint density at radius 3 is 2.20 bits per heavy atom. The maximum atomic E-state index is 12.9. The van der Waals surface area contributed by atoms with Gasteiger partial charge in [-0.2, -0.15) is 0 Å². The van der Waals surface area contributed by atoms with E-state index in [1.54, 1.807) is 12.1 Å². The summed E-state index contributed by atoms with van der Waals surface area (Å²) >= 11 is 0. The van der Waals surface area contributed by atoms with Crippen molar-refractivity contribution in [1.29, 1.82) is 0 Å². The van der Waals surface area contributed by atoms with Crippen molar-refractivity contribution in [3.8, 4) is 0 Å². The number of nitrogens with zero attached hydrogens (tertiary/aromatic N) is 1. The van der Waals surface area contributed by atoms with E-state index in [1.807, 2.05) is 0 Å². The Hall–Kier alpha value is -1.71. The summed E-state index contributed by atoms with van der Waals surface area (Å²) in [5.74, 6) is -0.212. The fourth-order valence-corrected chi connectivity index (χ4v) is 2.76. The molecular weight excluding hydrogens is 251 g/mol. The lowest BCUT2D eigenvalue weighted by Gasteiger charge is -2.18. The van der Waals surface area contributed by atoms with Crippen molar-refractivity contribution in [2.24, 2.45) is 5.73 Å². The Bertz CT molecular complexity index is 555. The summed E-state index contributed by atoms with van der Waals surface area (Å²) in [6, 6.07) is 15.0. The van der Waals surface area contributed by atoms with Crippen LogP contribution in [0.25, 0.3) is 0 Å². The molecule has 1 atom stereocenters. The zero-order chi connectivity index (χ0) is 13.9. The Balaban J connectivity index is 1.55. The standard InChI is InChI=1S/C17H19FN2/c18-16-7-5-13(6-8-16)17(19)9-10-20-11-14-3-1-2-4-15(14)12-20/h1-8,17H,9-12,19H2. The zero-order valence-electron chi connectivity index (χ0n) is 11.4. The molecule has 2 nitrogen and oxygen atoms in total. The van der Waals surface area contributed by atoms with E-state index >= 15 is 0 Å². The molecule has 0 spiro atoms. The van der Waals surface area contributed by atoms with Gasteiger partial charge < -0.3 is 5.73 Å². The van der Waals surface area contributed by atoms with Crippen LogP contribution in [-0.4, -0.2) is 11.4 Å². The third-order valence-corrected chi connectivity index (χ3v) is 3.96. The van der Waals surface area contributed by atoms with Crippen molar-refractivity contribution in [3.63, 3.8) is 0 Å². The molecule has 0 amide bonds. The average molecular weight is 270 g/mol. The topological polar surface area (TPSA) is 29.3 Å². The molecule has 2 aromatic rings. The minimum Gasteiger partial charge on any atom is -0.324 e. The largest absolute Gasteiger partial charge is 0.324 e. The molecule has 0 radical (unpaired) electrons. The lowest BCUT2D eigenvalue weighted by molar-refractivity contribution is 0.272. The van der Waals surface area contributed by atoms with Gasteiger partial charge in [0.15, 0.2) is 0 Å². The summed E-state index contributed by atoms with van der Waals surface area (Å²) in [5, 5.41) is 0. The second-order valence-electron chi connectivity index (χ2n) is 5.43. The average Bonchev–Trinajstić information content (AvgIpc) is 2.88. The number of rotatable bonds is 4. The molecule has 1 heterocycles. The highest BCUT2D eigenvalue weighted by atomic mass is 19.1. The molecule has 1 unspecified atom stereocenters. The SMILES string of the molecule is NC(CCN1Cc2ccccc2C1)c1ccc(F)cc1. The van der Waals surface area contributed by atoms with Crippen LogP contribution < -0.4 is 5.73 Å². The van der Waals surface area contributed by atoms with Gasteiger partial charge in [-0.05, 0) is 35.2 Å². The number of benzene rings is 2. The predicted octanol–water partition coefficient (Wildman–Crippen LogP) is 3.23. The first-order valence-electron chi connectivity index (χ1n) is 7.02. The van der Waals surface area contributed by atoms with Crippen molar-refractivity contribution in [3.05, 3.63) is 71.0 Å². The molecule has 20 heavy (non-hydrogen) atoms. The number of fused-ring (bicyclic) bond motifs is 1. The van der Waals surface area contributed by atoms with Gasteiger partial charge >= 0.3 is 0 Å². The summed E-state index contributed by atoms with van der Waals surface area (Å²) in [4.78, 5) is 2.41. The Kier molecular flexibility index (Phi) is 3.81. The Morgan fingerprint density at radius 2 is 1.60 bits per heavy atom. The lowest BCUT2D eigenvalue weighted by Crippen LogP contribution is -2.22. The minimum atomic E-state index is -0.212. The molecule has 0 aliphatic carbocycles. The maximum absolute atomic E-state index is 12.9. The van der Waals surface area contributed by atoms with E-state index in [4.69, 9.17) is 5.73 Å². The van der Waals surface area contributed by atoms with Crippen molar-refractivity contribution < 1.29 is 4.39 Å². The molecule has 2 N–H and O–H groups in total. The fourth-order valence-electron chi connectivity index (χ4n) is 2.76. The van der Waals surface area contributed by atoms with Crippen LogP contribution in [0.2, 0.25) is 0 Å². The molecule has 3 heteroatoms. The van der Waals surface area contributed by atoms with Gasteiger partial charge in [0.1, 0.15) is 5.82 Å². The summed E-state index contributed by atoms with van der Waals surface area (Å²) in [5.41, 5.74) is 10.0. The highest BCUT2D eigenvalue weighted by molar-refractivity contribution is 5.30. The minimum absolute atomic E-state index is 0.0284. The second kappa shape index (κ2) is 5.73. The van der Waals surface area contributed by atoms with Crippen LogP contribution in [0.15, 0.2) is 48.5 Å². The molecule has 0 aromatic heterocycles. The third-order valence-electron chi connectivity index (χ3n) is 3.96. The highest BCUT2D eigenvalue weighted by Gasteiger charge is 2.18. The van der Waals surface area contributed by atoms with E-state index in [1.165, 1.54) is 23.3 Å². The van der Waals surface area contributed by atoms with E-state index in [0.717, 1.165) is 31.6 Å². The number of hydrogen-bond acceptors (Lipinski definition) is 2. The van der Waals surface area contributed by atoms with E-state index < -0.39 is 0 Å². The number of hydrogen-bond donors (Lipinski definition) is 1. The molecule has 0 saturated carbocycles. The molecule has 0 saturated heterocycles. The van der Waals surface area contributed by atoms with E-state index in [9.17, 15) is 4.39 Å².